The van der Waals surface area contributed by atoms with Crippen molar-refractivity contribution in [2.75, 3.05) is 25.0 Å². The number of nitro benzene ring substituents is 1. The van der Waals surface area contributed by atoms with E-state index in [0.717, 1.165) is 31.3 Å². The Morgan fingerprint density at radius 3 is 3.00 bits per heavy atom. The lowest BCUT2D eigenvalue weighted by molar-refractivity contribution is -0.385. The Labute approximate surface area is 145 Å². The third-order valence-electron chi connectivity index (χ3n) is 4.43. The summed E-state index contributed by atoms with van der Waals surface area (Å²) in [5.74, 6) is 0.381. The summed E-state index contributed by atoms with van der Waals surface area (Å²) in [6.07, 6.45) is 3.73. The molecule has 2 heterocycles. The minimum absolute atomic E-state index is 0.0505. The lowest BCUT2D eigenvalue weighted by Crippen LogP contribution is -2.39. The molecule has 7 nitrogen and oxygen atoms in total. The molecule has 0 spiro atoms. The van der Waals surface area contributed by atoms with Gasteiger partial charge in [0.15, 0.2) is 5.82 Å². The maximum Gasteiger partial charge on any atom is 0.274 e. The van der Waals surface area contributed by atoms with Crippen LogP contribution in [0.5, 0.6) is 0 Å². The van der Waals surface area contributed by atoms with Crippen LogP contribution in [0.15, 0.2) is 36.5 Å². The summed E-state index contributed by atoms with van der Waals surface area (Å²) in [5, 5.41) is 19.2. The molecule has 1 aromatic heterocycles. The van der Waals surface area contributed by atoms with Gasteiger partial charge in [0.2, 0.25) is 0 Å². The van der Waals surface area contributed by atoms with Crippen molar-refractivity contribution >= 4 is 11.5 Å². The Kier molecular flexibility index (Phi) is 5.18. The molecule has 132 valence electrons. The number of likely N-dealkylation sites (N-methyl/N-ethyl adjacent to an activating group) is 1. The van der Waals surface area contributed by atoms with Crippen molar-refractivity contribution in [2.24, 2.45) is 0 Å². The normalized spacial score (nSPS) is 17.2. The smallest absolute Gasteiger partial charge is 0.274 e. The molecule has 2 aromatic rings. The summed E-state index contributed by atoms with van der Waals surface area (Å²) in [4.78, 5) is 14.9. The number of rotatable bonds is 6. The molecule has 1 unspecified atom stereocenters. The summed E-state index contributed by atoms with van der Waals surface area (Å²) in [6.45, 7) is 1.94. The highest BCUT2D eigenvalue weighted by Crippen LogP contribution is 2.25. The molecule has 1 saturated heterocycles. The molecule has 1 aromatic carbocycles. The van der Waals surface area contributed by atoms with E-state index in [1.54, 1.807) is 6.20 Å². The zero-order chi connectivity index (χ0) is 17.8. The van der Waals surface area contributed by atoms with Crippen LogP contribution in [0.1, 0.15) is 18.4 Å². The van der Waals surface area contributed by atoms with Crippen molar-refractivity contribution in [1.82, 2.24) is 15.1 Å². The SMILES string of the molecule is CN(Cc1cc(F)ccc1[N+](=O)[O-])CC1CCCN1c1cccnn1. The second-order valence-corrected chi connectivity index (χ2v) is 6.30. The molecule has 0 bridgehead atoms. The van der Waals surface area contributed by atoms with E-state index in [1.807, 2.05) is 24.1 Å². The van der Waals surface area contributed by atoms with Gasteiger partial charge in [0.25, 0.3) is 5.69 Å². The van der Waals surface area contributed by atoms with Gasteiger partial charge >= 0.3 is 0 Å². The Morgan fingerprint density at radius 2 is 2.28 bits per heavy atom. The summed E-state index contributed by atoms with van der Waals surface area (Å²) in [6, 6.07) is 7.63. The van der Waals surface area contributed by atoms with E-state index in [9.17, 15) is 14.5 Å². The van der Waals surface area contributed by atoms with E-state index in [1.165, 1.54) is 12.1 Å². The van der Waals surface area contributed by atoms with Crippen LogP contribution in [0, 0.1) is 15.9 Å². The van der Waals surface area contributed by atoms with E-state index in [4.69, 9.17) is 0 Å². The standard InChI is InChI=1S/C17H20FN5O2/c1-21(11-13-10-14(18)6-7-16(13)23(24)25)12-15-4-3-9-22(15)17-5-2-8-19-20-17/h2,5-8,10,15H,3-4,9,11-12H2,1H3. The van der Waals surface area contributed by atoms with Crippen molar-refractivity contribution in [1.29, 1.82) is 0 Å². The maximum absolute atomic E-state index is 13.5. The molecule has 1 atom stereocenters. The molecule has 1 fully saturated rings. The summed E-state index contributed by atoms with van der Waals surface area (Å²) in [5.41, 5.74) is 0.335. The lowest BCUT2D eigenvalue weighted by Gasteiger charge is -2.29. The highest BCUT2D eigenvalue weighted by molar-refractivity contribution is 5.41. The zero-order valence-electron chi connectivity index (χ0n) is 14.0. The number of nitrogens with zero attached hydrogens (tertiary/aromatic N) is 5. The third kappa shape index (κ3) is 4.08. The molecule has 8 heteroatoms. The maximum atomic E-state index is 13.5. The predicted octanol–water partition coefficient (Wildman–Crippen LogP) is 2.62. The van der Waals surface area contributed by atoms with Gasteiger partial charge in [0.05, 0.1) is 4.92 Å². The second kappa shape index (κ2) is 7.52. The molecule has 1 aliphatic heterocycles. The summed E-state index contributed by atoms with van der Waals surface area (Å²) >= 11 is 0. The zero-order valence-corrected chi connectivity index (χ0v) is 14.0. The van der Waals surface area contributed by atoms with Crippen LogP contribution < -0.4 is 4.90 Å². The van der Waals surface area contributed by atoms with E-state index < -0.39 is 10.7 Å². The van der Waals surface area contributed by atoms with Crippen molar-refractivity contribution in [2.45, 2.75) is 25.4 Å². The van der Waals surface area contributed by atoms with Crippen LogP contribution in [-0.4, -0.2) is 46.2 Å². The third-order valence-corrected chi connectivity index (χ3v) is 4.43. The van der Waals surface area contributed by atoms with Crippen molar-refractivity contribution in [3.63, 3.8) is 0 Å². The number of hydrogen-bond donors (Lipinski definition) is 0. The van der Waals surface area contributed by atoms with E-state index in [0.29, 0.717) is 18.7 Å². The molecular weight excluding hydrogens is 325 g/mol. The fourth-order valence-electron chi connectivity index (χ4n) is 3.35. The molecule has 0 amide bonds. The van der Waals surface area contributed by atoms with Gasteiger partial charge in [-0.15, -0.1) is 5.10 Å². The van der Waals surface area contributed by atoms with Gasteiger partial charge in [0, 0.05) is 43.5 Å². The van der Waals surface area contributed by atoms with Crippen molar-refractivity contribution < 1.29 is 9.31 Å². The Bertz CT molecular complexity index is 743. The first-order valence-corrected chi connectivity index (χ1v) is 8.20. The summed E-state index contributed by atoms with van der Waals surface area (Å²) < 4.78 is 13.5. The molecular formula is C17H20FN5O2. The van der Waals surface area contributed by atoms with Crippen LogP contribution in [0.2, 0.25) is 0 Å². The highest BCUT2D eigenvalue weighted by Gasteiger charge is 2.27. The first-order valence-electron chi connectivity index (χ1n) is 8.20. The van der Waals surface area contributed by atoms with Crippen LogP contribution in [-0.2, 0) is 6.54 Å². The Morgan fingerprint density at radius 1 is 1.44 bits per heavy atom. The van der Waals surface area contributed by atoms with Crippen molar-refractivity contribution in [3.8, 4) is 0 Å². The molecule has 0 aliphatic carbocycles. The Balaban J connectivity index is 1.69. The number of benzene rings is 1. The van der Waals surface area contributed by atoms with E-state index >= 15 is 0 Å². The first-order chi connectivity index (χ1) is 12.0. The number of nitro groups is 1. The van der Waals surface area contributed by atoms with Crippen LogP contribution in [0.4, 0.5) is 15.9 Å². The molecule has 0 radical (unpaired) electrons. The molecule has 25 heavy (non-hydrogen) atoms. The van der Waals surface area contributed by atoms with Gasteiger partial charge < -0.3 is 4.90 Å². The number of aromatic nitrogens is 2. The van der Waals surface area contributed by atoms with Gasteiger partial charge in [0.1, 0.15) is 5.82 Å². The van der Waals surface area contributed by atoms with Gasteiger partial charge in [-0.2, -0.15) is 5.10 Å². The minimum atomic E-state index is -0.468. The van der Waals surface area contributed by atoms with Gasteiger partial charge in [-0.05, 0) is 44.2 Å². The summed E-state index contributed by atoms with van der Waals surface area (Å²) in [7, 11) is 1.89. The number of hydrogen-bond acceptors (Lipinski definition) is 6. The number of halogens is 1. The molecule has 1 aliphatic rings. The fourth-order valence-corrected chi connectivity index (χ4v) is 3.35. The predicted molar refractivity (Wildman–Crippen MR) is 91.8 cm³/mol. The largest absolute Gasteiger partial charge is 0.351 e. The lowest BCUT2D eigenvalue weighted by atomic mass is 10.1. The van der Waals surface area contributed by atoms with Gasteiger partial charge in [-0.3, -0.25) is 15.0 Å². The van der Waals surface area contributed by atoms with Gasteiger partial charge in [-0.25, -0.2) is 4.39 Å². The molecule has 0 saturated carbocycles. The topological polar surface area (TPSA) is 75.4 Å². The average molecular weight is 345 g/mol. The molecule has 0 N–H and O–H groups in total. The van der Waals surface area contributed by atoms with Gasteiger partial charge in [-0.1, -0.05) is 0 Å². The fraction of sp³-hybridized carbons (Fsp3) is 0.412. The molecule has 3 rings (SSSR count). The quantitative estimate of drug-likeness (QED) is 0.592. The minimum Gasteiger partial charge on any atom is -0.351 e. The van der Waals surface area contributed by atoms with Crippen molar-refractivity contribution in [3.05, 3.63) is 58.0 Å². The van der Waals surface area contributed by atoms with Crippen LogP contribution in [0.3, 0.4) is 0 Å². The second-order valence-electron chi connectivity index (χ2n) is 6.30. The number of anilines is 1. The Hall–Kier alpha value is -2.61. The highest BCUT2D eigenvalue weighted by atomic mass is 19.1. The average Bonchev–Trinajstić information content (AvgIpc) is 3.03. The first kappa shape index (κ1) is 17.2. The van der Waals surface area contributed by atoms with Crippen LogP contribution >= 0.6 is 0 Å². The van der Waals surface area contributed by atoms with Crippen LogP contribution in [0.25, 0.3) is 0 Å². The monoisotopic (exact) mass is 345 g/mol. The van der Waals surface area contributed by atoms with E-state index in [2.05, 4.69) is 15.1 Å². The van der Waals surface area contributed by atoms with E-state index in [-0.39, 0.29) is 11.7 Å².